The van der Waals surface area contributed by atoms with Crippen LogP contribution in [0, 0.1) is 5.41 Å². The van der Waals surface area contributed by atoms with E-state index in [2.05, 4.69) is 32.7 Å². The topological polar surface area (TPSA) is 66.4 Å². The van der Waals surface area contributed by atoms with Crippen molar-refractivity contribution < 1.29 is 14.7 Å². The van der Waals surface area contributed by atoms with Crippen molar-refractivity contribution in [2.24, 2.45) is 5.41 Å². The molecule has 0 fully saturated rings. The predicted molar refractivity (Wildman–Crippen MR) is 67.7 cm³/mol. The summed E-state index contributed by atoms with van der Waals surface area (Å²) in [6.07, 6.45) is 0.476. The number of carboxylic acids is 1. The van der Waals surface area contributed by atoms with E-state index in [1.54, 1.807) is 0 Å². The molecule has 0 aliphatic carbocycles. The van der Waals surface area contributed by atoms with Crippen LogP contribution in [0.2, 0.25) is 0 Å². The van der Waals surface area contributed by atoms with E-state index in [1.807, 2.05) is 13.8 Å². The highest BCUT2D eigenvalue weighted by atomic mass is 16.4. The van der Waals surface area contributed by atoms with E-state index < -0.39 is 5.97 Å². The van der Waals surface area contributed by atoms with Crippen LogP contribution < -0.4 is 5.32 Å². The number of carboxylic acid groups (broad SMARTS) is 1. The quantitative estimate of drug-likeness (QED) is 0.726. The number of nitrogens with one attached hydrogen (secondary N) is 1. The van der Waals surface area contributed by atoms with Crippen LogP contribution in [0.1, 0.15) is 47.5 Å². The van der Waals surface area contributed by atoms with Gasteiger partial charge in [0.1, 0.15) is 0 Å². The SMILES string of the molecule is C=C(CC(=O)O)C(=O)NC(C)(C)CC(C)(C)C. The molecule has 0 bridgehead atoms. The average Bonchev–Trinajstić information content (AvgIpc) is 1.95. The molecule has 0 rings (SSSR count). The summed E-state index contributed by atoms with van der Waals surface area (Å²) in [6, 6.07) is 0. The van der Waals surface area contributed by atoms with Gasteiger partial charge in [-0.1, -0.05) is 27.4 Å². The lowest BCUT2D eigenvalue weighted by Crippen LogP contribution is -2.46. The zero-order valence-electron chi connectivity index (χ0n) is 11.4. The summed E-state index contributed by atoms with van der Waals surface area (Å²) in [6.45, 7) is 13.6. The molecule has 4 heteroatoms. The van der Waals surface area contributed by atoms with Gasteiger partial charge in [0, 0.05) is 11.1 Å². The molecule has 98 valence electrons. The van der Waals surface area contributed by atoms with Crippen molar-refractivity contribution in [2.45, 2.75) is 53.0 Å². The van der Waals surface area contributed by atoms with Crippen molar-refractivity contribution in [3.8, 4) is 0 Å². The summed E-state index contributed by atoms with van der Waals surface area (Å²) in [5.41, 5.74) is -0.207. The van der Waals surface area contributed by atoms with Crippen LogP contribution in [0.5, 0.6) is 0 Å². The molecule has 0 aliphatic rings. The van der Waals surface area contributed by atoms with Crippen molar-refractivity contribution in [1.82, 2.24) is 5.32 Å². The smallest absolute Gasteiger partial charge is 0.308 e. The molecule has 0 heterocycles. The maximum absolute atomic E-state index is 11.7. The van der Waals surface area contributed by atoms with Crippen LogP contribution in [0.4, 0.5) is 0 Å². The Kier molecular flexibility index (Phi) is 4.93. The molecule has 0 radical (unpaired) electrons. The lowest BCUT2D eigenvalue weighted by atomic mass is 9.81. The van der Waals surface area contributed by atoms with Crippen LogP contribution in [0.25, 0.3) is 0 Å². The maximum Gasteiger partial charge on any atom is 0.308 e. The van der Waals surface area contributed by atoms with Gasteiger partial charge in [0.25, 0.3) is 0 Å². The highest BCUT2D eigenvalue weighted by molar-refractivity contribution is 5.97. The Labute approximate surface area is 103 Å². The predicted octanol–water partition coefficient (Wildman–Crippen LogP) is 2.35. The van der Waals surface area contributed by atoms with Gasteiger partial charge in [0.2, 0.25) is 5.91 Å². The van der Waals surface area contributed by atoms with E-state index in [0.717, 1.165) is 6.42 Å². The second-order valence-electron chi connectivity index (χ2n) is 6.25. The van der Waals surface area contributed by atoms with Crippen molar-refractivity contribution in [1.29, 1.82) is 0 Å². The highest BCUT2D eigenvalue weighted by Gasteiger charge is 2.27. The van der Waals surface area contributed by atoms with Crippen LogP contribution >= 0.6 is 0 Å². The standard InChI is InChI=1S/C13H23NO3/c1-9(7-10(15)16)11(17)14-13(5,6)8-12(2,3)4/h1,7-8H2,2-6H3,(H,14,17)(H,15,16). The van der Waals surface area contributed by atoms with E-state index >= 15 is 0 Å². The molecule has 0 atom stereocenters. The van der Waals surface area contributed by atoms with Crippen molar-refractivity contribution in [3.05, 3.63) is 12.2 Å². The van der Waals surface area contributed by atoms with Crippen LogP contribution in [0.15, 0.2) is 12.2 Å². The Morgan fingerprint density at radius 1 is 1.18 bits per heavy atom. The first-order valence-corrected chi connectivity index (χ1v) is 5.65. The number of rotatable bonds is 5. The summed E-state index contributed by atoms with van der Waals surface area (Å²) in [7, 11) is 0. The van der Waals surface area contributed by atoms with Crippen LogP contribution in [-0.4, -0.2) is 22.5 Å². The van der Waals surface area contributed by atoms with Gasteiger partial charge in [-0.2, -0.15) is 0 Å². The number of amides is 1. The number of carbonyl (C=O) groups excluding carboxylic acids is 1. The van der Waals surface area contributed by atoms with E-state index in [0.29, 0.717) is 0 Å². The molecule has 0 aliphatic heterocycles. The van der Waals surface area contributed by atoms with Crippen molar-refractivity contribution >= 4 is 11.9 Å². The van der Waals surface area contributed by atoms with E-state index in [-0.39, 0.29) is 28.9 Å². The number of hydrogen-bond donors (Lipinski definition) is 2. The first kappa shape index (κ1) is 15.7. The fourth-order valence-corrected chi connectivity index (χ4v) is 2.03. The number of hydrogen-bond acceptors (Lipinski definition) is 2. The fraction of sp³-hybridized carbons (Fsp3) is 0.692. The first-order chi connectivity index (χ1) is 7.43. The third kappa shape index (κ3) is 7.55. The normalized spacial score (nSPS) is 12.1. The zero-order chi connectivity index (χ0) is 13.9. The van der Waals surface area contributed by atoms with Crippen LogP contribution in [-0.2, 0) is 9.59 Å². The molecule has 4 nitrogen and oxygen atoms in total. The molecule has 1 amide bonds. The molecule has 17 heavy (non-hydrogen) atoms. The van der Waals surface area contributed by atoms with Crippen LogP contribution in [0.3, 0.4) is 0 Å². The summed E-state index contributed by atoms with van der Waals surface area (Å²) < 4.78 is 0. The third-order valence-corrected chi connectivity index (χ3v) is 2.11. The fourth-order valence-electron chi connectivity index (χ4n) is 2.03. The van der Waals surface area contributed by atoms with Gasteiger partial charge < -0.3 is 10.4 Å². The average molecular weight is 241 g/mol. The lowest BCUT2D eigenvalue weighted by molar-refractivity contribution is -0.137. The molecule has 0 saturated heterocycles. The second-order valence-corrected chi connectivity index (χ2v) is 6.25. The largest absolute Gasteiger partial charge is 0.481 e. The molecule has 0 spiro atoms. The van der Waals surface area contributed by atoms with Gasteiger partial charge in [-0.25, -0.2) is 0 Å². The monoisotopic (exact) mass is 241 g/mol. The third-order valence-electron chi connectivity index (χ3n) is 2.11. The minimum absolute atomic E-state index is 0.0829. The zero-order valence-corrected chi connectivity index (χ0v) is 11.4. The Morgan fingerprint density at radius 3 is 2.00 bits per heavy atom. The minimum atomic E-state index is -1.04. The lowest BCUT2D eigenvalue weighted by Gasteiger charge is -2.33. The molecule has 0 saturated carbocycles. The van der Waals surface area contributed by atoms with Gasteiger partial charge in [0.05, 0.1) is 6.42 Å². The molecule has 0 aromatic rings. The number of aliphatic carboxylic acids is 1. The van der Waals surface area contributed by atoms with Gasteiger partial charge in [-0.05, 0) is 25.7 Å². The molecule has 0 aromatic carbocycles. The van der Waals surface area contributed by atoms with E-state index in [9.17, 15) is 9.59 Å². The van der Waals surface area contributed by atoms with E-state index in [4.69, 9.17) is 5.11 Å². The van der Waals surface area contributed by atoms with Crippen molar-refractivity contribution in [3.63, 3.8) is 0 Å². The Hall–Kier alpha value is -1.32. The second kappa shape index (κ2) is 5.34. The molecule has 0 unspecified atom stereocenters. The summed E-state index contributed by atoms with van der Waals surface area (Å²) in [5.74, 6) is -1.43. The molecule has 0 aromatic heterocycles. The Morgan fingerprint density at radius 2 is 1.65 bits per heavy atom. The van der Waals surface area contributed by atoms with E-state index in [1.165, 1.54) is 0 Å². The van der Waals surface area contributed by atoms with Gasteiger partial charge in [0.15, 0.2) is 0 Å². The Bertz CT molecular complexity index is 324. The van der Waals surface area contributed by atoms with Gasteiger partial charge in [-0.3, -0.25) is 9.59 Å². The van der Waals surface area contributed by atoms with Gasteiger partial charge in [-0.15, -0.1) is 0 Å². The van der Waals surface area contributed by atoms with Gasteiger partial charge >= 0.3 is 5.97 Å². The first-order valence-electron chi connectivity index (χ1n) is 5.65. The molecular formula is C13H23NO3. The summed E-state index contributed by atoms with van der Waals surface area (Å²) in [5, 5.41) is 11.4. The Balaban J connectivity index is 4.46. The minimum Gasteiger partial charge on any atom is -0.481 e. The highest BCUT2D eigenvalue weighted by Crippen LogP contribution is 2.26. The molecular weight excluding hydrogens is 218 g/mol. The summed E-state index contributed by atoms with van der Waals surface area (Å²) in [4.78, 5) is 22.2. The van der Waals surface area contributed by atoms with Crippen molar-refractivity contribution in [2.75, 3.05) is 0 Å². The maximum atomic E-state index is 11.7. The molecule has 2 N–H and O–H groups in total. The number of carbonyl (C=O) groups is 2. The summed E-state index contributed by atoms with van der Waals surface area (Å²) >= 11 is 0.